The van der Waals surface area contributed by atoms with Crippen LogP contribution in [0.3, 0.4) is 0 Å². The Kier molecular flexibility index (Phi) is 8.67. The molecule has 0 bridgehead atoms. The Bertz CT molecular complexity index is 921. The summed E-state index contributed by atoms with van der Waals surface area (Å²) in [5.74, 6) is 0.506. The maximum atomic E-state index is 12.2. The second-order valence-electron chi connectivity index (χ2n) is 6.21. The number of anilines is 1. The molecule has 0 aliphatic heterocycles. The van der Waals surface area contributed by atoms with Crippen molar-refractivity contribution in [3.8, 4) is 0 Å². The van der Waals surface area contributed by atoms with E-state index in [1.807, 2.05) is 31.2 Å². The number of benzene rings is 2. The van der Waals surface area contributed by atoms with Crippen molar-refractivity contribution < 1.29 is 13.2 Å². The predicted molar refractivity (Wildman–Crippen MR) is 121 cm³/mol. The largest absolute Gasteiger partial charge is 0.354 e. The predicted octanol–water partition coefficient (Wildman–Crippen LogP) is 4.48. The molecule has 0 heterocycles. The van der Waals surface area contributed by atoms with E-state index in [-0.39, 0.29) is 12.5 Å². The van der Waals surface area contributed by atoms with E-state index in [0.29, 0.717) is 17.3 Å². The lowest BCUT2D eigenvalue weighted by molar-refractivity contribution is -0.119. The molecular weight excluding hydrogens is 484 g/mol. The molecule has 1 N–H and O–H groups in total. The van der Waals surface area contributed by atoms with Crippen molar-refractivity contribution in [2.24, 2.45) is 0 Å². The molecule has 152 valence electrons. The molecule has 9 heteroatoms. The Labute approximate surface area is 184 Å². The van der Waals surface area contributed by atoms with Gasteiger partial charge in [0.15, 0.2) is 0 Å². The number of amides is 1. The molecule has 2 rings (SSSR count). The van der Waals surface area contributed by atoms with Crippen molar-refractivity contribution >= 4 is 60.9 Å². The van der Waals surface area contributed by atoms with E-state index >= 15 is 0 Å². The highest BCUT2D eigenvalue weighted by atomic mass is 79.9. The normalized spacial score (nSPS) is 11.3. The molecule has 0 fully saturated rings. The van der Waals surface area contributed by atoms with Crippen LogP contribution in [0.25, 0.3) is 0 Å². The van der Waals surface area contributed by atoms with E-state index in [2.05, 4.69) is 21.2 Å². The molecule has 0 unspecified atom stereocenters. The number of rotatable bonds is 9. The van der Waals surface area contributed by atoms with Gasteiger partial charge >= 0.3 is 0 Å². The summed E-state index contributed by atoms with van der Waals surface area (Å²) in [4.78, 5) is 13.4. The third kappa shape index (κ3) is 7.31. The van der Waals surface area contributed by atoms with Gasteiger partial charge in [0.2, 0.25) is 15.9 Å². The van der Waals surface area contributed by atoms with Crippen LogP contribution in [-0.2, 0) is 14.8 Å². The lowest BCUT2D eigenvalue weighted by Crippen LogP contribution is -2.40. The summed E-state index contributed by atoms with van der Waals surface area (Å²) >= 11 is 10.9. The van der Waals surface area contributed by atoms with Gasteiger partial charge in [-0.05, 0) is 67.1 Å². The molecule has 0 radical (unpaired) electrons. The summed E-state index contributed by atoms with van der Waals surface area (Å²) < 4.78 is 26.3. The van der Waals surface area contributed by atoms with Crippen LogP contribution in [0.15, 0.2) is 51.8 Å². The molecule has 0 saturated carbocycles. The smallest absolute Gasteiger partial charge is 0.240 e. The number of thioether (sulfide) groups is 1. The summed E-state index contributed by atoms with van der Waals surface area (Å²) in [5.41, 5.74) is 1.36. The van der Waals surface area contributed by atoms with E-state index in [4.69, 9.17) is 11.6 Å². The van der Waals surface area contributed by atoms with E-state index in [9.17, 15) is 13.2 Å². The zero-order valence-electron chi connectivity index (χ0n) is 15.6. The van der Waals surface area contributed by atoms with Gasteiger partial charge in [-0.1, -0.05) is 27.5 Å². The highest BCUT2D eigenvalue weighted by Crippen LogP contribution is 2.24. The lowest BCUT2D eigenvalue weighted by Gasteiger charge is -2.22. The van der Waals surface area contributed by atoms with E-state index < -0.39 is 10.0 Å². The van der Waals surface area contributed by atoms with Crippen LogP contribution in [-0.4, -0.2) is 39.4 Å². The number of hydrogen-bond donors (Lipinski definition) is 1. The van der Waals surface area contributed by atoms with E-state index in [1.165, 1.54) is 0 Å². The SMILES string of the molecule is Cc1cc(N(CC(=O)NCCCSc2ccc(Cl)cc2)S(C)(=O)=O)ccc1Br. The highest BCUT2D eigenvalue weighted by Gasteiger charge is 2.21. The van der Waals surface area contributed by atoms with E-state index in [0.717, 1.165) is 37.7 Å². The van der Waals surface area contributed by atoms with Crippen LogP contribution in [0.2, 0.25) is 5.02 Å². The first kappa shape index (κ1) is 23.1. The number of sulfonamides is 1. The standard InChI is InChI=1S/C19H22BrClN2O3S2/c1-14-12-16(6-9-18(14)20)23(28(2,25)26)13-19(24)22-10-3-11-27-17-7-4-15(21)5-8-17/h4-9,12H,3,10-11,13H2,1-2H3,(H,22,24). The zero-order chi connectivity index (χ0) is 20.7. The van der Waals surface area contributed by atoms with Crippen molar-refractivity contribution in [1.82, 2.24) is 5.32 Å². The van der Waals surface area contributed by atoms with Gasteiger partial charge in [-0.2, -0.15) is 0 Å². The van der Waals surface area contributed by atoms with Gasteiger partial charge in [0.05, 0.1) is 11.9 Å². The molecule has 1 amide bonds. The van der Waals surface area contributed by atoms with Crippen LogP contribution in [0.4, 0.5) is 5.69 Å². The monoisotopic (exact) mass is 504 g/mol. The number of halogens is 2. The quantitative estimate of drug-likeness (QED) is 0.403. The molecule has 0 aromatic heterocycles. The first-order valence-corrected chi connectivity index (χ1v) is 12.6. The molecule has 5 nitrogen and oxygen atoms in total. The number of nitrogens with zero attached hydrogens (tertiary/aromatic N) is 1. The summed E-state index contributed by atoms with van der Waals surface area (Å²) in [6.45, 7) is 2.10. The maximum absolute atomic E-state index is 12.2. The third-order valence-electron chi connectivity index (χ3n) is 3.84. The molecule has 0 aliphatic rings. The fraction of sp³-hybridized carbons (Fsp3) is 0.316. The van der Waals surface area contributed by atoms with Gasteiger partial charge in [-0.25, -0.2) is 8.42 Å². The van der Waals surface area contributed by atoms with Crippen LogP contribution in [0.1, 0.15) is 12.0 Å². The molecular formula is C19H22BrClN2O3S2. The average Bonchev–Trinajstić information content (AvgIpc) is 2.62. The van der Waals surface area contributed by atoms with Crippen molar-refractivity contribution in [3.05, 3.63) is 57.5 Å². The Balaban J connectivity index is 1.84. The van der Waals surface area contributed by atoms with Crippen LogP contribution in [0.5, 0.6) is 0 Å². The Morgan fingerprint density at radius 2 is 1.89 bits per heavy atom. The number of nitrogens with one attached hydrogen (secondary N) is 1. The molecule has 0 aliphatic carbocycles. The molecule has 2 aromatic rings. The van der Waals surface area contributed by atoms with Crippen LogP contribution < -0.4 is 9.62 Å². The van der Waals surface area contributed by atoms with Crippen molar-refractivity contribution in [2.75, 3.05) is 29.4 Å². The van der Waals surface area contributed by atoms with Gasteiger partial charge in [-0.3, -0.25) is 9.10 Å². The Hall–Kier alpha value is -1.22. The van der Waals surface area contributed by atoms with Gasteiger partial charge in [0, 0.05) is 20.9 Å². The number of carbonyl (C=O) groups is 1. The van der Waals surface area contributed by atoms with Crippen LogP contribution in [0, 0.1) is 6.92 Å². The van der Waals surface area contributed by atoms with Gasteiger partial charge in [0.1, 0.15) is 6.54 Å². The second kappa shape index (κ2) is 10.5. The minimum atomic E-state index is -3.58. The summed E-state index contributed by atoms with van der Waals surface area (Å²) in [6, 6.07) is 12.8. The molecule has 28 heavy (non-hydrogen) atoms. The van der Waals surface area contributed by atoms with Crippen molar-refractivity contribution in [3.63, 3.8) is 0 Å². The Morgan fingerprint density at radius 1 is 1.21 bits per heavy atom. The second-order valence-corrected chi connectivity index (χ2v) is 10.6. The lowest BCUT2D eigenvalue weighted by atomic mass is 10.2. The first-order valence-electron chi connectivity index (χ1n) is 8.56. The van der Waals surface area contributed by atoms with Crippen molar-refractivity contribution in [1.29, 1.82) is 0 Å². The maximum Gasteiger partial charge on any atom is 0.240 e. The summed E-state index contributed by atoms with van der Waals surface area (Å²) in [5, 5.41) is 3.49. The Morgan fingerprint density at radius 3 is 2.50 bits per heavy atom. The average molecular weight is 506 g/mol. The molecule has 0 spiro atoms. The number of carbonyl (C=O) groups excluding carboxylic acids is 1. The molecule has 0 saturated heterocycles. The molecule has 0 atom stereocenters. The van der Waals surface area contributed by atoms with Crippen LogP contribution >= 0.6 is 39.3 Å². The summed E-state index contributed by atoms with van der Waals surface area (Å²) in [6.07, 6.45) is 1.87. The molecule has 2 aromatic carbocycles. The minimum Gasteiger partial charge on any atom is -0.354 e. The third-order valence-corrected chi connectivity index (χ3v) is 7.22. The van der Waals surface area contributed by atoms with Crippen molar-refractivity contribution in [2.45, 2.75) is 18.2 Å². The highest BCUT2D eigenvalue weighted by molar-refractivity contribution is 9.10. The number of aryl methyl sites for hydroxylation is 1. The topological polar surface area (TPSA) is 66.5 Å². The minimum absolute atomic E-state index is 0.246. The van der Waals surface area contributed by atoms with Gasteiger partial charge < -0.3 is 5.32 Å². The zero-order valence-corrected chi connectivity index (χ0v) is 19.6. The van der Waals surface area contributed by atoms with Gasteiger partial charge in [-0.15, -0.1) is 11.8 Å². The van der Waals surface area contributed by atoms with E-state index in [1.54, 1.807) is 30.0 Å². The fourth-order valence-electron chi connectivity index (χ4n) is 2.39. The number of hydrogen-bond acceptors (Lipinski definition) is 4. The fourth-order valence-corrected chi connectivity index (χ4v) is 4.46. The van der Waals surface area contributed by atoms with Gasteiger partial charge in [0.25, 0.3) is 0 Å². The summed E-state index contributed by atoms with van der Waals surface area (Å²) in [7, 11) is -3.58. The first-order chi connectivity index (χ1) is 13.2.